The molecule has 1 saturated heterocycles. The number of hydrogen-bond donors (Lipinski definition) is 0. The summed E-state index contributed by atoms with van der Waals surface area (Å²) in [5.74, 6) is 0.146. The van der Waals surface area contributed by atoms with Gasteiger partial charge in [0.25, 0.3) is 5.91 Å². The van der Waals surface area contributed by atoms with Crippen LogP contribution in [-0.2, 0) is 12.1 Å². The average Bonchev–Trinajstić information content (AvgIpc) is 3.24. The molecular formula is C28H34N4O. The second kappa shape index (κ2) is 8.45. The van der Waals surface area contributed by atoms with Gasteiger partial charge in [0.05, 0.1) is 23.3 Å². The Bertz CT molecular complexity index is 1150. The van der Waals surface area contributed by atoms with Gasteiger partial charge in [0.2, 0.25) is 0 Å². The summed E-state index contributed by atoms with van der Waals surface area (Å²) in [6, 6.07) is 17.1. The van der Waals surface area contributed by atoms with Gasteiger partial charge in [-0.2, -0.15) is 0 Å². The molecule has 3 heterocycles. The number of carbonyl (C=O) groups is 1. The van der Waals surface area contributed by atoms with Gasteiger partial charge in [0.15, 0.2) is 0 Å². The molecule has 1 fully saturated rings. The molecule has 1 aromatic heterocycles. The van der Waals surface area contributed by atoms with Crippen molar-refractivity contribution >= 4 is 5.91 Å². The molecule has 3 aromatic rings. The second-order valence-electron chi connectivity index (χ2n) is 10.2. The molecule has 1 spiro atoms. The lowest BCUT2D eigenvalue weighted by Gasteiger charge is -2.50. The fraction of sp³-hybridized carbons (Fsp3) is 0.429. The lowest BCUT2D eigenvalue weighted by molar-refractivity contribution is 0.0179. The monoisotopic (exact) mass is 442 g/mol. The number of carbonyl (C=O) groups excluding carboxylic acids is 1. The van der Waals surface area contributed by atoms with Gasteiger partial charge in [-0.15, -0.1) is 0 Å². The van der Waals surface area contributed by atoms with Crippen LogP contribution in [0.25, 0.3) is 11.3 Å². The zero-order chi connectivity index (χ0) is 23.2. The molecule has 0 radical (unpaired) electrons. The van der Waals surface area contributed by atoms with Crippen LogP contribution in [-0.4, -0.2) is 50.9 Å². The maximum atomic E-state index is 13.6. The molecule has 2 aromatic carbocycles. The predicted octanol–water partition coefficient (Wildman–Crippen LogP) is 5.02. The number of rotatable bonds is 3. The first-order chi connectivity index (χ1) is 15.9. The number of amides is 1. The quantitative estimate of drug-likeness (QED) is 0.572. The molecule has 0 aliphatic carbocycles. The number of nitrogens with zero attached hydrogens (tertiary/aromatic N) is 4. The van der Waals surface area contributed by atoms with Gasteiger partial charge in [-0.05, 0) is 52.7 Å². The number of fused-ring (bicyclic) bond motifs is 2. The first-order valence-corrected chi connectivity index (χ1v) is 12.1. The number of benzene rings is 2. The van der Waals surface area contributed by atoms with Gasteiger partial charge in [-0.25, -0.2) is 4.98 Å². The van der Waals surface area contributed by atoms with Crippen molar-refractivity contribution in [3.63, 3.8) is 0 Å². The smallest absolute Gasteiger partial charge is 0.253 e. The van der Waals surface area contributed by atoms with Gasteiger partial charge >= 0.3 is 0 Å². The first-order valence-electron chi connectivity index (χ1n) is 12.1. The molecule has 0 unspecified atom stereocenters. The molecule has 1 atom stereocenters. The maximum Gasteiger partial charge on any atom is 0.253 e. The fourth-order valence-corrected chi connectivity index (χ4v) is 5.73. The first kappa shape index (κ1) is 21.9. The van der Waals surface area contributed by atoms with E-state index in [-0.39, 0.29) is 11.4 Å². The van der Waals surface area contributed by atoms with E-state index in [9.17, 15) is 4.79 Å². The summed E-state index contributed by atoms with van der Waals surface area (Å²) in [4.78, 5) is 23.1. The second-order valence-corrected chi connectivity index (χ2v) is 10.2. The van der Waals surface area contributed by atoms with Crippen LogP contribution in [0, 0.1) is 13.8 Å². The van der Waals surface area contributed by atoms with Crippen molar-refractivity contribution in [3.8, 4) is 11.3 Å². The summed E-state index contributed by atoms with van der Waals surface area (Å²) in [5.41, 5.74) is 6.42. The van der Waals surface area contributed by atoms with Crippen molar-refractivity contribution in [3.05, 3.63) is 77.2 Å². The number of imidazole rings is 1. The van der Waals surface area contributed by atoms with E-state index < -0.39 is 0 Å². The fourth-order valence-electron chi connectivity index (χ4n) is 5.73. The van der Waals surface area contributed by atoms with E-state index in [2.05, 4.69) is 72.4 Å². The van der Waals surface area contributed by atoms with Crippen LogP contribution < -0.4 is 0 Å². The third kappa shape index (κ3) is 3.99. The molecule has 0 bridgehead atoms. The largest absolute Gasteiger partial charge is 0.336 e. The maximum absolute atomic E-state index is 13.6. The zero-order valence-corrected chi connectivity index (χ0v) is 20.2. The number of piperidine rings is 1. The van der Waals surface area contributed by atoms with Crippen molar-refractivity contribution < 1.29 is 4.79 Å². The number of likely N-dealkylation sites (tertiary alicyclic amines) is 1. The Balaban J connectivity index is 1.53. The van der Waals surface area contributed by atoms with Gasteiger partial charge in [0, 0.05) is 43.3 Å². The Morgan fingerprint density at radius 1 is 1.03 bits per heavy atom. The standard InChI is InChI=1S/C28H34N4O/c1-20(2)31-16-25-26(23-9-6-5-7-10-23)29-19-32(25)28(18-31)11-8-12-30(17-28)27(33)24-14-21(3)13-22(4)15-24/h5-7,9-10,13-15,19-20H,8,11-12,16-18H2,1-4H3/t28-/m0/s1. The third-order valence-corrected chi connectivity index (χ3v) is 7.32. The summed E-state index contributed by atoms with van der Waals surface area (Å²) in [6.45, 7) is 12.0. The van der Waals surface area contributed by atoms with E-state index in [1.165, 1.54) is 5.69 Å². The van der Waals surface area contributed by atoms with Crippen molar-refractivity contribution in [1.82, 2.24) is 19.4 Å². The Morgan fingerprint density at radius 3 is 2.45 bits per heavy atom. The third-order valence-electron chi connectivity index (χ3n) is 7.32. The van der Waals surface area contributed by atoms with Crippen molar-refractivity contribution in [2.24, 2.45) is 0 Å². The Hall–Kier alpha value is -2.92. The topological polar surface area (TPSA) is 41.4 Å². The van der Waals surface area contributed by atoms with Crippen LogP contribution >= 0.6 is 0 Å². The molecule has 0 saturated carbocycles. The molecule has 2 aliphatic rings. The van der Waals surface area contributed by atoms with E-state index in [0.29, 0.717) is 6.04 Å². The highest BCUT2D eigenvalue weighted by atomic mass is 16.2. The summed E-state index contributed by atoms with van der Waals surface area (Å²) in [6.07, 6.45) is 4.09. The highest BCUT2D eigenvalue weighted by molar-refractivity contribution is 5.94. The normalized spacial score (nSPS) is 20.9. The molecule has 1 amide bonds. The van der Waals surface area contributed by atoms with Crippen LogP contribution in [0.4, 0.5) is 0 Å². The summed E-state index contributed by atoms with van der Waals surface area (Å²) >= 11 is 0. The molecule has 0 N–H and O–H groups in total. The SMILES string of the molecule is Cc1cc(C)cc(C(=O)N2CCC[C@]3(C2)CN(C(C)C)Cc2c(-c4ccccc4)ncn23)c1. The number of hydrogen-bond acceptors (Lipinski definition) is 3. The Labute approximate surface area is 197 Å². The minimum Gasteiger partial charge on any atom is -0.336 e. The Morgan fingerprint density at radius 2 is 1.76 bits per heavy atom. The van der Waals surface area contributed by atoms with E-state index in [0.717, 1.165) is 67.0 Å². The highest BCUT2D eigenvalue weighted by Crippen LogP contribution is 2.39. The average molecular weight is 443 g/mol. The summed E-state index contributed by atoms with van der Waals surface area (Å²) in [5, 5.41) is 0. The van der Waals surface area contributed by atoms with Crippen molar-refractivity contribution in [2.75, 3.05) is 19.6 Å². The Kier molecular flexibility index (Phi) is 5.61. The molecule has 172 valence electrons. The van der Waals surface area contributed by atoms with Gasteiger partial charge in [-0.3, -0.25) is 9.69 Å². The lowest BCUT2D eigenvalue weighted by Crippen LogP contribution is -2.60. The van der Waals surface area contributed by atoms with Crippen LogP contribution in [0.3, 0.4) is 0 Å². The van der Waals surface area contributed by atoms with Gasteiger partial charge < -0.3 is 9.47 Å². The van der Waals surface area contributed by atoms with Gasteiger partial charge in [-0.1, -0.05) is 47.5 Å². The van der Waals surface area contributed by atoms with Crippen molar-refractivity contribution in [2.45, 2.75) is 58.7 Å². The van der Waals surface area contributed by atoms with Crippen LogP contribution in [0.1, 0.15) is 53.9 Å². The zero-order valence-electron chi connectivity index (χ0n) is 20.2. The molecule has 2 aliphatic heterocycles. The minimum atomic E-state index is -0.148. The van der Waals surface area contributed by atoms with Crippen LogP contribution in [0.2, 0.25) is 0 Å². The molecule has 5 nitrogen and oxygen atoms in total. The summed E-state index contributed by atoms with van der Waals surface area (Å²) in [7, 11) is 0. The van der Waals surface area contributed by atoms with E-state index in [1.54, 1.807) is 0 Å². The van der Waals surface area contributed by atoms with Crippen molar-refractivity contribution in [1.29, 1.82) is 0 Å². The summed E-state index contributed by atoms with van der Waals surface area (Å²) < 4.78 is 2.41. The van der Waals surface area contributed by atoms with E-state index >= 15 is 0 Å². The molecule has 5 heteroatoms. The number of aromatic nitrogens is 2. The molecule has 33 heavy (non-hydrogen) atoms. The molecule has 5 rings (SSSR count). The minimum absolute atomic E-state index is 0.146. The van der Waals surface area contributed by atoms with Gasteiger partial charge in [0.1, 0.15) is 0 Å². The lowest BCUT2D eigenvalue weighted by atomic mass is 9.85. The van der Waals surface area contributed by atoms with Crippen LogP contribution in [0.5, 0.6) is 0 Å². The van der Waals surface area contributed by atoms with Crippen LogP contribution in [0.15, 0.2) is 54.9 Å². The van der Waals surface area contributed by atoms with E-state index in [4.69, 9.17) is 4.98 Å². The number of aryl methyl sites for hydroxylation is 2. The van der Waals surface area contributed by atoms with E-state index in [1.807, 2.05) is 24.5 Å². The highest BCUT2D eigenvalue weighted by Gasteiger charge is 2.45. The molecular weight excluding hydrogens is 408 g/mol. The predicted molar refractivity (Wildman–Crippen MR) is 132 cm³/mol.